The quantitative estimate of drug-likeness (QED) is 0.454. The number of hydrogen-bond donors (Lipinski definition) is 2. The van der Waals surface area contributed by atoms with Crippen molar-refractivity contribution in [3.05, 3.63) is 102 Å². The van der Waals surface area contributed by atoms with Crippen molar-refractivity contribution in [1.29, 1.82) is 0 Å². The molecule has 0 saturated heterocycles. The molecule has 4 rings (SSSR count). The van der Waals surface area contributed by atoms with Crippen molar-refractivity contribution in [2.24, 2.45) is 0 Å². The summed E-state index contributed by atoms with van der Waals surface area (Å²) in [5.74, 6) is 0.462. The van der Waals surface area contributed by atoms with E-state index in [1.807, 2.05) is 71.4 Å². The predicted molar refractivity (Wildman–Crippen MR) is 117 cm³/mol. The molecule has 0 spiro atoms. The van der Waals surface area contributed by atoms with Gasteiger partial charge < -0.3 is 19.7 Å². The highest BCUT2D eigenvalue weighted by Gasteiger charge is 2.24. The van der Waals surface area contributed by atoms with Crippen molar-refractivity contribution < 1.29 is 14.2 Å². The normalized spacial score (nSPS) is 13.3. The molecular formula is C25H25FN2O2. The molecule has 0 aliphatic heterocycles. The van der Waals surface area contributed by atoms with Crippen LogP contribution in [-0.4, -0.2) is 29.4 Å². The van der Waals surface area contributed by atoms with Gasteiger partial charge in [-0.2, -0.15) is 0 Å². The molecule has 2 atom stereocenters. The molecule has 1 heterocycles. The van der Waals surface area contributed by atoms with Crippen LogP contribution in [0.1, 0.15) is 17.2 Å². The fourth-order valence-electron chi connectivity index (χ4n) is 3.79. The minimum atomic E-state index is -0.721. The molecule has 2 unspecified atom stereocenters. The molecule has 5 heteroatoms. The molecule has 0 fully saturated rings. The molecule has 154 valence electrons. The monoisotopic (exact) mass is 404 g/mol. The first-order valence-corrected chi connectivity index (χ1v) is 10.0. The largest absolute Gasteiger partial charge is 0.489 e. The van der Waals surface area contributed by atoms with Gasteiger partial charge in [0.1, 0.15) is 18.2 Å². The number of aliphatic hydroxyl groups excluding tert-OH is 1. The molecule has 0 saturated carbocycles. The molecule has 0 amide bonds. The van der Waals surface area contributed by atoms with Crippen molar-refractivity contribution in [3.8, 4) is 5.75 Å². The number of benzene rings is 3. The Morgan fingerprint density at radius 2 is 1.83 bits per heavy atom. The van der Waals surface area contributed by atoms with Crippen LogP contribution in [-0.2, 0) is 6.61 Å². The van der Waals surface area contributed by atoms with Gasteiger partial charge in [-0.05, 0) is 54.6 Å². The summed E-state index contributed by atoms with van der Waals surface area (Å²) in [4.78, 5) is 0. The Morgan fingerprint density at radius 1 is 1.00 bits per heavy atom. The summed E-state index contributed by atoms with van der Waals surface area (Å²) in [6.07, 6.45) is 1.21. The van der Waals surface area contributed by atoms with Crippen LogP contribution in [0.5, 0.6) is 5.75 Å². The maximum Gasteiger partial charge on any atom is 0.123 e. The molecule has 2 N–H and O–H groups in total. The second-order valence-electron chi connectivity index (χ2n) is 7.34. The number of aliphatic hydroxyl groups is 1. The van der Waals surface area contributed by atoms with E-state index in [2.05, 4.69) is 5.32 Å². The Labute approximate surface area is 175 Å². The fourth-order valence-corrected chi connectivity index (χ4v) is 3.79. The summed E-state index contributed by atoms with van der Waals surface area (Å²) < 4.78 is 21.8. The highest BCUT2D eigenvalue weighted by Crippen LogP contribution is 2.30. The van der Waals surface area contributed by atoms with E-state index in [0.717, 1.165) is 27.8 Å². The minimum Gasteiger partial charge on any atom is -0.489 e. The van der Waals surface area contributed by atoms with E-state index in [-0.39, 0.29) is 5.82 Å². The molecule has 0 aliphatic carbocycles. The van der Waals surface area contributed by atoms with Gasteiger partial charge in [0.05, 0.1) is 12.1 Å². The molecule has 1 aromatic heterocycles. The van der Waals surface area contributed by atoms with Gasteiger partial charge in [0.15, 0.2) is 0 Å². The van der Waals surface area contributed by atoms with Gasteiger partial charge in [0.2, 0.25) is 0 Å². The highest BCUT2D eigenvalue weighted by atomic mass is 19.1. The van der Waals surface area contributed by atoms with Gasteiger partial charge in [0, 0.05) is 23.6 Å². The van der Waals surface area contributed by atoms with Crippen LogP contribution >= 0.6 is 0 Å². The lowest BCUT2D eigenvalue weighted by Crippen LogP contribution is -2.33. The van der Waals surface area contributed by atoms with Crippen molar-refractivity contribution in [3.63, 3.8) is 0 Å². The number of nitrogens with one attached hydrogen (secondary N) is 1. The topological polar surface area (TPSA) is 46.4 Å². The van der Waals surface area contributed by atoms with E-state index in [0.29, 0.717) is 13.2 Å². The number of fused-ring (bicyclic) bond motifs is 1. The first-order chi connectivity index (χ1) is 14.7. The molecular weight excluding hydrogens is 379 g/mol. The number of nitrogens with zero attached hydrogens (tertiary/aromatic N) is 1. The highest BCUT2D eigenvalue weighted by molar-refractivity contribution is 5.82. The summed E-state index contributed by atoms with van der Waals surface area (Å²) in [6.45, 7) is 0.888. The molecule has 0 aliphatic rings. The summed E-state index contributed by atoms with van der Waals surface area (Å²) in [5.41, 5.74) is 2.78. The van der Waals surface area contributed by atoms with Crippen molar-refractivity contribution in [2.75, 3.05) is 13.6 Å². The molecule has 0 radical (unpaired) electrons. The Morgan fingerprint density at radius 3 is 2.60 bits per heavy atom. The summed E-state index contributed by atoms with van der Waals surface area (Å²) >= 11 is 0. The van der Waals surface area contributed by atoms with Gasteiger partial charge in [-0.3, -0.25) is 0 Å². The summed E-state index contributed by atoms with van der Waals surface area (Å²) in [7, 11) is 1.79. The summed E-state index contributed by atoms with van der Waals surface area (Å²) in [6, 6.07) is 23.9. The number of aromatic nitrogens is 1. The zero-order valence-corrected chi connectivity index (χ0v) is 16.8. The molecule has 3 aromatic carbocycles. The van der Waals surface area contributed by atoms with E-state index >= 15 is 0 Å². The summed E-state index contributed by atoms with van der Waals surface area (Å²) in [5, 5.41) is 14.8. The first kappa shape index (κ1) is 20.1. The Kier molecular flexibility index (Phi) is 6.12. The van der Waals surface area contributed by atoms with Gasteiger partial charge in [0.25, 0.3) is 0 Å². The third-order valence-corrected chi connectivity index (χ3v) is 5.21. The molecule has 4 nitrogen and oxygen atoms in total. The zero-order chi connectivity index (χ0) is 20.9. The van der Waals surface area contributed by atoms with E-state index in [1.54, 1.807) is 13.1 Å². The number of halogens is 1. The van der Waals surface area contributed by atoms with Gasteiger partial charge in [-0.15, -0.1) is 0 Å². The van der Waals surface area contributed by atoms with Gasteiger partial charge in [-0.1, -0.05) is 42.5 Å². The lowest BCUT2D eigenvalue weighted by Gasteiger charge is -2.26. The predicted octanol–water partition coefficient (Wildman–Crippen LogP) is 4.53. The SMILES string of the molecule is CNCC(O)C(c1cccc(F)c1)n1ccc2cc(OCc3ccccc3)ccc21. The van der Waals surface area contributed by atoms with Gasteiger partial charge in [-0.25, -0.2) is 4.39 Å². The maximum absolute atomic E-state index is 13.9. The number of likely N-dealkylation sites (N-methyl/N-ethyl adjacent to an activating group) is 1. The van der Waals surface area contributed by atoms with E-state index in [9.17, 15) is 9.50 Å². The van der Waals surface area contributed by atoms with E-state index < -0.39 is 12.1 Å². The fraction of sp³-hybridized carbons (Fsp3) is 0.200. The average molecular weight is 404 g/mol. The first-order valence-electron chi connectivity index (χ1n) is 10.0. The minimum absolute atomic E-state index is 0.317. The van der Waals surface area contributed by atoms with Crippen LogP contribution < -0.4 is 10.1 Å². The number of rotatable bonds is 8. The molecule has 4 aromatic rings. The van der Waals surface area contributed by atoms with Crippen LogP contribution in [0.25, 0.3) is 10.9 Å². The third kappa shape index (κ3) is 4.37. The molecule has 0 bridgehead atoms. The Bertz CT molecular complexity index is 1110. The standard InChI is InChI=1S/C25H25FN2O2/c1-27-16-24(29)25(20-8-5-9-21(26)14-20)28-13-12-19-15-22(10-11-23(19)28)30-17-18-6-3-2-4-7-18/h2-15,24-25,27,29H,16-17H2,1H3. The zero-order valence-electron chi connectivity index (χ0n) is 16.8. The lowest BCUT2D eigenvalue weighted by molar-refractivity contribution is 0.132. The van der Waals surface area contributed by atoms with Crippen molar-refractivity contribution in [2.45, 2.75) is 18.8 Å². The Balaban J connectivity index is 1.64. The maximum atomic E-state index is 13.9. The smallest absolute Gasteiger partial charge is 0.123 e. The van der Waals surface area contributed by atoms with Crippen LogP contribution in [0.4, 0.5) is 4.39 Å². The van der Waals surface area contributed by atoms with Crippen LogP contribution in [0.3, 0.4) is 0 Å². The number of ether oxygens (including phenoxy) is 1. The number of hydrogen-bond acceptors (Lipinski definition) is 3. The Hall–Kier alpha value is -3.15. The van der Waals surface area contributed by atoms with Gasteiger partial charge >= 0.3 is 0 Å². The second kappa shape index (κ2) is 9.11. The third-order valence-electron chi connectivity index (χ3n) is 5.21. The van der Waals surface area contributed by atoms with E-state index in [4.69, 9.17) is 4.74 Å². The van der Waals surface area contributed by atoms with Crippen molar-refractivity contribution >= 4 is 10.9 Å². The van der Waals surface area contributed by atoms with Crippen LogP contribution in [0, 0.1) is 5.82 Å². The molecule has 30 heavy (non-hydrogen) atoms. The van der Waals surface area contributed by atoms with Crippen molar-refractivity contribution in [1.82, 2.24) is 9.88 Å². The van der Waals surface area contributed by atoms with Crippen LogP contribution in [0.2, 0.25) is 0 Å². The average Bonchev–Trinajstić information content (AvgIpc) is 3.16. The van der Waals surface area contributed by atoms with E-state index in [1.165, 1.54) is 12.1 Å². The lowest BCUT2D eigenvalue weighted by atomic mass is 10.0. The second-order valence-corrected chi connectivity index (χ2v) is 7.34. The van der Waals surface area contributed by atoms with Crippen LogP contribution in [0.15, 0.2) is 85.1 Å².